The van der Waals surface area contributed by atoms with E-state index in [9.17, 15) is 0 Å². The van der Waals surface area contributed by atoms with Gasteiger partial charge in [0.1, 0.15) is 11.2 Å². The highest BCUT2D eigenvalue weighted by Gasteiger charge is 2.18. The van der Waals surface area contributed by atoms with E-state index in [-0.39, 0.29) is 0 Å². The van der Waals surface area contributed by atoms with Crippen molar-refractivity contribution in [3.05, 3.63) is 188 Å². The molecule has 11 aromatic rings. The average Bonchev–Trinajstić information content (AvgIpc) is 3.85. The Labute approximate surface area is 327 Å². The number of para-hydroxylation sites is 1. The third-order valence-corrected chi connectivity index (χ3v) is 11.7. The highest BCUT2D eigenvalue weighted by Crippen LogP contribution is 2.42. The smallest absolute Gasteiger partial charge is 0.164 e. The molecule has 0 radical (unpaired) electrons. The van der Waals surface area contributed by atoms with E-state index >= 15 is 0 Å². The first-order valence-electron chi connectivity index (χ1n) is 18.7. The topological polar surface area (TPSA) is 51.8 Å². The summed E-state index contributed by atoms with van der Waals surface area (Å²) in [7, 11) is 0. The van der Waals surface area contributed by atoms with Gasteiger partial charge in [0.25, 0.3) is 0 Å². The normalized spacial score (nSPS) is 11.6. The molecule has 3 aromatic heterocycles. The summed E-state index contributed by atoms with van der Waals surface area (Å²) in [5.74, 6) is 1.84. The molecule has 0 aliphatic heterocycles. The average molecular weight is 734 g/mol. The van der Waals surface area contributed by atoms with Crippen molar-refractivity contribution in [2.75, 3.05) is 0 Å². The number of hydrogen-bond acceptors (Lipinski definition) is 5. The van der Waals surface area contributed by atoms with E-state index in [2.05, 4.69) is 152 Å². The number of thiophene rings is 1. The standard InChI is InChI=1S/C51H31N3OS/c1-4-13-32(14-5-1)35-19-10-20-36(29-35)39-21-11-23-43-41-27-25-37(30-45(41)55-47(39)43)50-52-49(34-17-8-3-9-18-34)53-51(54-50)38-26-28-42-44-24-12-22-40(33-15-6-2-7-16-33)48(44)56-46(42)31-38/h1-31H. The summed E-state index contributed by atoms with van der Waals surface area (Å²) in [4.78, 5) is 15.2. The summed E-state index contributed by atoms with van der Waals surface area (Å²) < 4.78 is 9.19. The summed E-state index contributed by atoms with van der Waals surface area (Å²) in [5.41, 5.74) is 11.4. The lowest BCUT2D eigenvalue weighted by molar-refractivity contribution is 0.670. The summed E-state index contributed by atoms with van der Waals surface area (Å²) in [6, 6.07) is 65.6. The molecular weight excluding hydrogens is 703 g/mol. The van der Waals surface area contributed by atoms with Gasteiger partial charge in [-0.1, -0.05) is 164 Å². The number of benzene rings is 8. The van der Waals surface area contributed by atoms with Crippen LogP contribution in [0.15, 0.2) is 192 Å². The zero-order chi connectivity index (χ0) is 37.0. The van der Waals surface area contributed by atoms with Crippen molar-refractivity contribution in [1.82, 2.24) is 15.0 Å². The number of rotatable bonds is 6. The van der Waals surface area contributed by atoms with Crippen LogP contribution in [0.5, 0.6) is 0 Å². The Morgan fingerprint density at radius 3 is 1.62 bits per heavy atom. The van der Waals surface area contributed by atoms with Gasteiger partial charge < -0.3 is 4.42 Å². The lowest BCUT2D eigenvalue weighted by Crippen LogP contribution is -2.00. The Kier molecular flexibility index (Phi) is 7.64. The Hall–Kier alpha value is -7.21. The van der Waals surface area contributed by atoms with Crippen molar-refractivity contribution in [2.45, 2.75) is 0 Å². The van der Waals surface area contributed by atoms with E-state index in [1.807, 2.05) is 47.7 Å². The molecule has 0 fully saturated rings. The zero-order valence-electron chi connectivity index (χ0n) is 30.1. The van der Waals surface area contributed by atoms with Gasteiger partial charge in [-0.25, -0.2) is 15.0 Å². The van der Waals surface area contributed by atoms with Crippen LogP contribution in [0, 0.1) is 0 Å². The second-order valence-electron chi connectivity index (χ2n) is 14.0. The fraction of sp³-hybridized carbons (Fsp3) is 0. The fourth-order valence-electron chi connectivity index (χ4n) is 7.79. The predicted molar refractivity (Wildman–Crippen MR) is 233 cm³/mol. The second-order valence-corrected chi connectivity index (χ2v) is 15.0. The molecule has 8 aromatic carbocycles. The quantitative estimate of drug-likeness (QED) is 0.171. The van der Waals surface area contributed by atoms with Crippen molar-refractivity contribution in [1.29, 1.82) is 0 Å². The third-order valence-electron chi connectivity index (χ3n) is 10.5. The fourth-order valence-corrected chi connectivity index (χ4v) is 9.07. The molecule has 4 nitrogen and oxygen atoms in total. The van der Waals surface area contributed by atoms with Crippen molar-refractivity contribution >= 4 is 53.4 Å². The lowest BCUT2D eigenvalue weighted by atomic mass is 9.97. The predicted octanol–water partition coefficient (Wildman–Crippen LogP) is 14.1. The van der Waals surface area contributed by atoms with Crippen molar-refractivity contribution in [3.8, 4) is 67.5 Å². The highest BCUT2D eigenvalue weighted by atomic mass is 32.1. The first-order valence-corrected chi connectivity index (χ1v) is 19.5. The van der Waals surface area contributed by atoms with Crippen LogP contribution in [0.4, 0.5) is 0 Å². The third kappa shape index (κ3) is 5.56. The molecule has 11 rings (SSSR count). The molecule has 3 heterocycles. The Balaban J connectivity index is 1.03. The van der Waals surface area contributed by atoms with E-state index in [1.165, 1.54) is 42.4 Å². The molecule has 56 heavy (non-hydrogen) atoms. The lowest BCUT2D eigenvalue weighted by Gasteiger charge is -2.08. The maximum atomic E-state index is 6.72. The van der Waals surface area contributed by atoms with Crippen molar-refractivity contribution in [2.24, 2.45) is 0 Å². The zero-order valence-corrected chi connectivity index (χ0v) is 30.9. The van der Waals surface area contributed by atoms with Crippen LogP contribution in [0.3, 0.4) is 0 Å². The number of aromatic nitrogens is 3. The van der Waals surface area contributed by atoms with Gasteiger partial charge >= 0.3 is 0 Å². The minimum absolute atomic E-state index is 0.592. The van der Waals surface area contributed by atoms with Gasteiger partial charge in [0.05, 0.1) is 0 Å². The van der Waals surface area contributed by atoms with Crippen LogP contribution in [0.2, 0.25) is 0 Å². The molecular formula is C51H31N3OS. The first kappa shape index (κ1) is 32.2. The largest absolute Gasteiger partial charge is 0.455 e. The number of furan rings is 1. The molecule has 0 bridgehead atoms. The molecule has 0 spiro atoms. The Bertz CT molecular complexity index is 3240. The minimum Gasteiger partial charge on any atom is -0.455 e. The highest BCUT2D eigenvalue weighted by molar-refractivity contribution is 7.26. The number of hydrogen-bond donors (Lipinski definition) is 0. The van der Waals surface area contributed by atoms with Gasteiger partial charge in [-0.3, -0.25) is 0 Å². The van der Waals surface area contributed by atoms with Crippen LogP contribution in [-0.4, -0.2) is 15.0 Å². The molecule has 0 unspecified atom stereocenters. The van der Waals surface area contributed by atoms with Crippen LogP contribution >= 0.6 is 11.3 Å². The van der Waals surface area contributed by atoms with E-state index in [0.29, 0.717) is 17.5 Å². The molecule has 5 heteroatoms. The maximum Gasteiger partial charge on any atom is 0.164 e. The summed E-state index contributed by atoms with van der Waals surface area (Å²) in [5, 5.41) is 4.60. The van der Waals surface area contributed by atoms with E-state index in [4.69, 9.17) is 19.4 Å². The summed E-state index contributed by atoms with van der Waals surface area (Å²) in [6.07, 6.45) is 0. The Morgan fingerprint density at radius 2 is 0.893 bits per heavy atom. The van der Waals surface area contributed by atoms with Crippen LogP contribution in [-0.2, 0) is 0 Å². The first-order chi connectivity index (χ1) is 27.7. The molecule has 0 amide bonds. The van der Waals surface area contributed by atoms with Gasteiger partial charge in [-0.2, -0.15) is 0 Å². The number of nitrogens with zero attached hydrogens (tertiary/aromatic N) is 3. The van der Waals surface area contributed by atoms with Gasteiger partial charge in [0.15, 0.2) is 17.5 Å². The number of fused-ring (bicyclic) bond motifs is 6. The molecule has 0 aliphatic rings. The SMILES string of the molecule is c1ccc(-c2cccc(-c3cccc4c3oc3cc(-c5nc(-c6ccccc6)nc(-c6ccc7c(c6)sc6c(-c8ccccc8)cccc67)n5)ccc34)c2)cc1. The van der Waals surface area contributed by atoms with Crippen LogP contribution in [0.1, 0.15) is 0 Å². The monoisotopic (exact) mass is 733 g/mol. The van der Waals surface area contributed by atoms with E-state index in [1.54, 1.807) is 0 Å². The van der Waals surface area contributed by atoms with E-state index in [0.717, 1.165) is 49.8 Å². The van der Waals surface area contributed by atoms with Crippen LogP contribution < -0.4 is 0 Å². The summed E-state index contributed by atoms with van der Waals surface area (Å²) in [6.45, 7) is 0. The van der Waals surface area contributed by atoms with Gasteiger partial charge in [-0.15, -0.1) is 11.3 Å². The van der Waals surface area contributed by atoms with Gasteiger partial charge in [-0.05, 0) is 52.1 Å². The molecule has 0 saturated heterocycles. The maximum absolute atomic E-state index is 6.72. The molecule has 262 valence electrons. The van der Waals surface area contributed by atoms with Crippen LogP contribution in [0.25, 0.3) is 110 Å². The van der Waals surface area contributed by atoms with E-state index < -0.39 is 0 Å². The Morgan fingerprint density at radius 1 is 0.339 bits per heavy atom. The van der Waals surface area contributed by atoms with Crippen molar-refractivity contribution in [3.63, 3.8) is 0 Å². The van der Waals surface area contributed by atoms with Gasteiger partial charge in [0.2, 0.25) is 0 Å². The minimum atomic E-state index is 0.592. The molecule has 0 saturated carbocycles. The molecule has 0 aliphatic carbocycles. The van der Waals surface area contributed by atoms with Gasteiger partial charge in [0, 0.05) is 53.2 Å². The van der Waals surface area contributed by atoms with Crippen molar-refractivity contribution < 1.29 is 4.42 Å². The molecule has 0 atom stereocenters. The summed E-state index contributed by atoms with van der Waals surface area (Å²) >= 11 is 1.81. The molecule has 0 N–H and O–H groups in total. The second kappa shape index (κ2) is 13.3.